The quantitative estimate of drug-likeness (QED) is 0.134. The summed E-state index contributed by atoms with van der Waals surface area (Å²) in [5.41, 5.74) is 9.18. The molecule has 0 aliphatic rings. The predicted molar refractivity (Wildman–Crippen MR) is 160 cm³/mol. The molecule has 0 aliphatic carbocycles. The molecule has 216 valence electrons. The van der Waals surface area contributed by atoms with E-state index in [4.69, 9.17) is 31.6 Å². The molecule has 11 heteroatoms. The van der Waals surface area contributed by atoms with Crippen molar-refractivity contribution in [2.24, 2.45) is 0 Å². The summed E-state index contributed by atoms with van der Waals surface area (Å²) < 4.78 is 25.6. The Kier molecular flexibility index (Phi) is 9.03. The number of unbranched alkanes of at least 4 members (excludes halogenated alkanes) is 1. The summed E-state index contributed by atoms with van der Waals surface area (Å²) in [6.07, 6.45) is 1.78. The van der Waals surface area contributed by atoms with Crippen molar-refractivity contribution in [3.63, 3.8) is 0 Å². The van der Waals surface area contributed by atoms with Gasteiger partial charge in [0, 0.05) is 29.7 Å². The summed E-state index contributed by atoms with van der Waals surface area (Å²) in [5.74, 6) is 1.97. The van der Waals surface area contributed by atoms with Crippen LogP contribution in [-0.4, -0.2) is 34.3 Å². The van der Waals surface area contributed by atoms with Crippen LogP contribution in [0.3, 0.4) is 0 Å². The van der Waals surface area contributed by atoms with Gasteiger partial charge in [0.15, 0.2) is 0 Å². The van der Waals surface area contributed by atoms with Gasteiger partial charge in [-0.2, -0.15) is 0 Å². The summed E-state index contributed by atoms with van der Waals surface area (Å²) in [5, 5.41) is 12.4. The molecule has 4 N–H and O–H groups in total. The second-order valence-corrected chi connectivity index (χ2v) is 10.1. The number of hydrogen-bond acceptors (Lipinski definition) is 7. The van der Waals surface area contributed by atoms with Crippen molar-refractivity contribution >= 4 is 40.1 Å². The second-order valence-electron chi connectivity index (χ2n) is 9.65. The summed E-state index contributed by atoms with van der Waals surface area (Å²) in [6, 6.07) is 21.2. The van der Waals surface area contributed by atoms with Gasteiger partial charge in [0.05, 0.1) is 17.1 Å². The van der Waals surface area contributed by atoms with Crippen LogP contribution in [0.5, 0.6) is 5.75 Å². The molecule has 9 nitrogen and oxygen atoms in total. The Morgan fingerprint density at radius 3 is 2.76 bits per heavy atom. The van der Waals surface area contributed by atoms with Gasteiger partial charge in [0.1, 0.15) is 41.8 Å². The number of halogens is 2. The van der Waals surface area contributed by atoms with Gasteiger partial charge in [0.25, 0.3) is 0 Å². The first-order valence-electron chi connectivity index (χ1n) is 13.3. The van der Waals surface area contributed by atoms with Gasteiger partial charge in [-0.3, -0.25) is 0 Å². The standard InChI is InChI=1S/C31H29ClFN5O4/c32-26-16-23(7-10-29(26)41-18-20-4-3-5-22(33)14-20)38(13-2-1-12-35-31(39)40)17-24-8-11-28(42-24)21-6-9-27-25(15-21)30(34)37-19-36-27/h3-11,14-16,19,35H,1-2,12-13,17-18H2,(H,39,40)(H2,34,36,37). The lowest BCUT2D eigenvalue weighted by atomic mass is 10.1. The summed E-state index contributed by atoms with van der Waals surface area (Å²) in [4.78, 5) is 21.2. The number of fused-ring (bicyclic) bond motifs is 1. The van der Waals surface area contributed by atoms with Crippen molar-refractivity contribution in [1.29, 1.82) is 0 Å². The van der Waals surface area contributed by atoms with Crippen molar-refractivity contribution in [3.8, 4) is 17.1 Å². The van der Waals surface area contributed by atoms with Crippen molar-refractivity contribution in [1.82, 2.24) is 15.3 Å². The highest BCUT2D eigenvalue weighted by molar-refractivity contribution is 6.32. The number of nitrogens with two attached hydrogens (primary N) is 1. The molecule has 1 amide bonds. The van der Waals surface area contributed by atoms with Gasteiger partial charge in [-0.05, 0) is 79.1 Å². The SMILES string of the molecule is Nc1ncnc2ccc(-c3ccc(CN(CCCCNC(=O)O)c4ccc(OCc5cccc(F)c5)c(Cl)c4)o3)cc12. The third kappa shape index (κ3) is 7.27. The van der Waals surface area contributed by atoms with Crippen LogP contribution in [0.25, 0.3) is 22.2 Å². The van der Waals surface area contributed by atoms with E-state index < -0.39 is 6.09 Å². The number of amides is 1. The maximum Gasteiger partial charge on any atom is 0.404 e. The molecule has 3 aromatic carbocycles. The molecule has 0 saturated heterocycles. The molecule has 0 unspecified atom stereocenters. The maximum absolute atomic E-state index is 13.5. The van der Waals surface area contributed by atoms with Crippen LogP contribution in [0, 0.1) is 5.82 Å². The molecule has 0 fully saturated rings. The number of furan rings is 1. The minimum atomic E-state index is -1.04. The number of ether oxygens (including phenoxy) is 1. The van der Waals surface area contributed by atoms with E-state index in [-0.39, 0.29) is 12.4 Å². The number of nitrogen functional groups attached to an aromatic ring is 1. The lowest BCUT2D eigenvalue weighted by Gasteiger charge is -2.25. The van der Waals surface area contributed by atoms with Gasteiger partial charge in [-0.15, -0.1) is 0 Å². The summed E-state index contributed by atoms with van der Waals surface area (Å²) in [6.45, 7) is 1.61. The molecule has 0 atom stereocenters. The molecular formula is C31H29ClFN5O4. The lowest BCUT2D eigenvalue weighted by Crippen LogP contribution is -2.26. The van der Waals surface area contributed by atoms with E-state index >= 15 is 0 Å². The highest BCUT2D eigenvalue weighted by atomic mass is 35.5. The smallest absolute Gasteiger partial charge is 0.404 e. The van der Waals surface area contributed by atoms with Crippen molar-refractivity contribution in [2.75, 3.05) is 23.7 Å². The molecular weight excluding hydrogens is 561 g/mol. The van der Waals surface area contributed by atoms with Gasteiger partial charge in [-0.25, -0.2) is 19.2 Å². The minimum absolute atomic E-state index is 0.179. The Balaban J connectivity index is 1.32. The first kappa shape index (κ1) is 28.7. The second kappa shape index (κ2) is 13.2. The Bertz CT molecular complexity index is 1700. The number of benzene rings is 3. The molecule has 0 spiro atoms. The van der Waals surface area contributed by atoms with E-state index in [1.54, 1.807) is 18.2 Å². The van der Waals surface area contributed by atoms with E-state index in [0.29, 0.717) is 54.0 Å². The van der Waals surface area contributed by atoms with Crippen molar-refractivity contribution in [3.05, 3.63) is 101 Å². The zero-order valence-corrected chi connectivity index (χ0v) is 23.4. The van der Waals surface area contributed by atoms with Crippen LogP contribution in [0.4, 0.5) is 20.7 Å². The molecule has 42 heavy (non-hydrogen) atoms. The van der Waals surface area contributed by atoms with E-state index in [0.717, 1.165) is 34.3 Å². The predicted octanol–water partition coefficient (Wildman–Crippen LogP) is 6.90. The fourth-order valence-electron chi connectivity index (χ4n) is 4.55. The van der Waals surface area contributed by atoms with Crippen molar-refractivity contribution in [2.45, 2.75) is 26.0 Å². The normalized spacial score (nSPS) is 11.0. The first-order chi connectivity index (χ1) is 20.4. The molecule has 5 aromatic rings. The zero-order valence-electron chi connectivity index (χ0n) is 22.6. The number of anilines is 2. The van der Waals surface area contributed by atoms with Gasteiger partial charge < -0.3 is 30.2 Å². The third-order valence-corrected chi connectivity index (χ3v) is 6.95. The Hall–Kier alpha value is -4.83. The topological polar surface area (TPSA) is 127 Å². The van der Waals surface area contributed by atoms with E-state index in [1.807, 2.05) is 42.5 Å². The van der Waals surface area contributed by atoms with E-state index in [1.165, 1.54) is 18.5 Å². The van der Waals surface area contributed by atoms with Gasteiger partial charge >= 0.3 is 6.09 Å². The molecule has 0 saturated carbocycles. The van der Waals surface area contributed by atoms with Crippen molar-refractivity contribution < 1.29 is 23.4 Å². The first-order valence-corrected chi connectivity index (χ1v) is 13.7. The number of aromatic nitrogens is 2. The lowest BCUT2D eigenvalue weighted by molar-refractivity contribution is 0.194. The zero-order chi connectivity index (χ0) is 29.5. The van der Waals surface area contributed by atoms with Crippen LogP contribution in [0.2, 0.25) is 5.02 Å². The van der Waals surface area contributed by atoms with Gasteiger partial charge in [0.2, 0.25) is 0 Å². The van der Waals surface area contributed by atoms with E-state index in [9.17, 15) is 9.18 Å². The number of carbonyl (C=O) groups is 1. The summed E-state index contributed by atoms with van der Waals surface area (Å²) >= 11 is 6.59. The highest BCUT2D eigenvalue weighted by Gasteiger charge is 2.15. The summed E-state index contributed by atoms with van der Waals surface area (Å²) in [7, 11) is 0. The molecule has 2 aromatic heterocycles. The van der Waals surface area contributed by atoms with E-state index in [2.05, 4.69) is 20.2 Å². The maximum atomic E-state index is 13.5. The number of rotatable bonds is 12. The van der Waals surface area contributed by atoms with Crippen LogP contribution < -0.4 is 20.7 Å². The number of nitrogens with one attached hydrogen (secondary N) is 1. The number of hydrogen-bond donors (Lipinski definition) is 3. The number of nitrogens with zero attached hydrogens (tertiary/aromatic N) is 3. The Morgan fingerprint density at radius 1 is 1.07 bits per heavy atom. The highest BCUT2D eigenvalue weighted by Crippen LogP contribution is 2.32. The molecule has 0 bridgehead atoms. The average Bonchev–Trinajstić information content (AvgIpc) is 3.44. The van der Waals surface area contributed by atoms with Crippen LogP contribution in [-0.2, 0) is 13.2 Å². The molecule has 0 aliphatic heterocycles. The fraction of sp³-hybridized carbons (Fsp3) is 0.194. The molecule has 5 rings (SSSR count). The third-order valence-electron chi connectivity index (χ3n) is 6.65. The van der Waals surface area contributed by atoms with Crippen LogP contribution in [0.15, 0.2) is 83.5 Å². The minimum Gasteiger partial charge on any atom is -0.487 e. The van der Waals surface area contributed by atoms with Gasteiger partial charge in [-0.1, -0.05) is 23.7 Å². The molecule has 0 radical (unpaired) electrons. The van der Waals surface area contributed by atoms with Crippen LogP contribution in [0.1, 0.15) is 24.2 Å². The largest absolute Gasteiger partial charge is 0.487 e. The Labute approximate surface area is 246 Å². The monoisotopic (exact) mass is 589 g/mol. The fourth-order valence-corrected chi connectivity index (χ4v) is 4.78. The molecule has 2 heterocycles. The number of carboxylic acid groups (broad SMARTS) is 1. The Morgan fingerprint density at radius 2 is 1.95 bits per heavy atom. The van der Waals surface area contributed by atoms with Crippen LogP contribution >= 0.6 is 11.6 Å². The average molecular weight is 590 g/mol.